The second-order valence-electron chi connectivity index (χ2n) is 6.02. The first-order valence-electron chi connectivity index (χ1n) is 7.79. The summed E-state index contributed by atoms with van der Waals surface area (Å²) >= 11 is 1.99. The van der Waals surface area contributed by atoms with E-state index in [0.717, 1.165) is 43.9 Å². The Labute approximate surface area is 130 Å². The van der Waals surface area contributed by atoms with Crippen LogP contribution in [0.2, 0.25) is 0 Å². The molecule has 1 aromatic heterocycles. The third-order valence-corrected chi connectivity index (χ3v) is 5.79. The van der Waals surface area contributed by atoms with Gasteiger partial charge in [-0.25, -0.2) is 4.39 Å². The van der Waals surface area contributed by atoms with E-state index in [4.69, 9.17) is 4.74 Å². The van der Waals surface area contributed by atoms with Crippen molar-refractivity contribution in [3.05, 3.63) is 29.8 Å². The van der Waals surface area contributed by atoms with Crippen molar-refractivity contribution in [2.45, 2.75) is 37.8 Å². The van der Waals surface area contributed by atoms with Crippen molar-refractivity contribution < 1.29 is 9.13 Å². The van der Waals surface area contributed by atoms with Crippen LogP contribution in [0.1, 0.15) is 37.9 Å². The Kier molecular flexibility index (Phi) is 4.82. The van der Waals surface area contributed by atoms with E-state index in [-0.39, 0.29) is 17.5 Å². The van der Waals surface area contributed by atoms with Gasteiger partial charge in [-0.1, -0.05) is 6.92 Å². The standard InChI is InChI=1S/C16H23FN2OS/c1-2-18-15(14-4-3-13(17)10-19-14)12-5-7-20-16(9-12)6-8-21-11-16/h3-4,10,12,15,18H,2,5-9,11H2,1H3. The largest absolute Gasteiger partial charge is 0.374 e. The molecule has 3 nitrogen and oxygen atoms in total. The van der Waals surface area contributed by atoms with Crippen molar-refractivity contribution in [3.63, 3.8) is 0 Å². The summed E-state index contributed by atoms with van der Waals surface area (Å²) in [5.41, 5.74) is 1.02. The van der Waals surface area contributed by atoms with Crippen LogP contribution in [-0.4, -0.2) is 35.2 Å². The van der Waals surface area contributed by atoms with Gasteiger partial charge in [0.1, 0.15) is 5.82 Å². The number of pyridine rings is 1. The average molecular weight is 310 g/mol. The summed E-state index contributed by atoms with van der Waals surface area (Å²) in [6.07, 6.45) is 4.60. The van der Waals surface area contributed by atoms with E-state index in [9.17, 15) is 4.39 Å². The minimum atomic E-state index is -0.273. The molecule has 0 saturated carbocycles. The number of hydrogen-bond acceptors (Lipinski definition) is 4. The predicted molar refractivity (Wildman–Crippen MR) is 84.0 cm³/mol. The Morgan fingerprint density at radius 2 is 2.48 bits per heavy atom. The maximum Gasteiger partial charge on any atom is 0.141 e. The van der Waals surface area contributed by atoms with Gasteiger partial charge < -0.3 is 10.1 Å². The van der Waals surface area contributed by atoms with Crippen LogP contribution in [0.25, 0.3) is 0 Å². The molecule has 5 heteroatoms. The molecular weight excluding hydrogens is 287 g/mol. The third-order valence-electron chi connectivity index (χ3n) is 4.56. The fourth-order valence-electron chi connectivity index (χ4n) is 3.52. The van der Waals surface area contributed by atoms with E-state index in [1.807, 2.05) is 17.8 Å². The molecule has 0 aromatic carbocycles. The summed E-state index contributed by atoms with van der Waals surface area (Å²) in [7, 11) is 0. The average Bonchev–Trinajstić information content (AvgIpc) is 2.94. The minimum absolute atomic E-state index is 0.0707. The topological polar surface area (TPSA) is 34.2 Å². The van der Waals surface area contributed by atoms with E-state index in [1.54, 1.807) is 0 Å². The summed E-state index contributed by atoms with van der Waals surface area (Å²) in [6.45, 7) is 3.83. The van der Waals surface area contributed by atoms with Crippen LogP contribution in [0.3, 0.4) is 0 Å². The summed E-state index contributed by atoms with van der Waals surface area (Å²) in [5, 5.41) is 3.55. The lowest BCUT2D eigenvalue weighted by atomic mass is 9.80. The normalized spacial score (nSPS) is 30.7. The molecule has 2 aliphatic rings. The van der Waals surface area contributed by atoms with Gasteiger partial charge in [0.05, 0.1) is 23.5 Å². The Morgan fingerprint density at radius 3 is 3.14 bits per heavy atom. The molecule has 1 N–H and O–H groups in total. The maximum absolute atomic E-state index is 13.1. The molecule has 0 radical (unpaired) electrons. The Bertz CT molecular complexity index is 462. The molecule has 116 valence electrons. The van der Waals surface area contributed by atoms with Crippen LogP contribution in [-0.2, 0) is 4.74 Å². The fourth-order valence-corrected chi connectivity index (χ4v) is 4.90. The highest BCUT2D eigenvalue weighted by atomic mass is 32.2. The number of halogens is 1. The van der Waals surface area contributed by atoms with Crippen LogP contribution in [0.5, 0.6) is 0 Å². The number of aromatic nitrogens is 1. The van der Waals surface area contributed by atoms with Crippen LogP contribution >= 0.6 is 11.8 Å². The van der Waals surface area contributed by atoms with Gasteiger partial charge in [0.15, 0.2) is 0 Å². The molecule has 0 amide bonds. The second kappa shape index (κ2) is 6.63. The van der Waals surface area contributed by atoms with Crippen molar-refractivity contribution in [2.24, 2.45) is 5.92 Å². The van der Waals surface area contributed by atoms with Gasteiger partial charge in [-0.05, 0) is 49.6 Å². The van der Waals surface area contributed by atoms with Crippen LogP contribution in [0, 0.1) is 11.7 Å². The number of ether oxygens (including phenoxy) is 1. The zero-order valence-corrected chi connectivity index (χ0v) is 13.3. The number of nitrogens with zero attached hydrogens (tertiary/aromatic N) is 1. The first-order chi connectivity index (χ1) is 10.2. The zero-order valence-electron chi connectivity index (χ0n) is 12.5. The van der Waals surface area contributed by atoms with E-state index in [1.165, 1.54) is 18.0 Å². The van der Waals surface area contributed by atoms with Crippen molar-refractivity contribution in [3.8, 4) is 0 Å². The van der Waals surface area contributed by atoms with E-state index >= 15 is 0 Å². The first-order valence-corrected chi connectivity index (χ1v) is 8.94. The molecule has 21 heavy (non-hydrogen) atoms. The molecule has 0 aliphatic carbocycles. The lowest BCUT2D eigenvalue weighted by Crippen LogP contribution is -2.44. The van der Waals surface area contributed by atoms with Gasteiger partial charge in [0.25, 0.3) is 0 Å². The number of rotatable bonds is 4. The molecule has 0 bridgehead atoms. The molecule has 3 atom stereocenters. The number of thioether (sulfide) groups is 1. The van der Waals surface area contributed by atoms with Gasteiger partial charge in [-0.15, -0.1) is 0 Å². The summed E-state index contributed by atoms with van der Waals surface area (Å²) in [4.78, 5) is 4.30. The molecule has 1 aromatic rings. The van der Waals surface area contributed by atoms with Crippen molar-refractivity contribution >= 4 is 11.8 Å². The summed E-state index contributed by atoms with van der Waals surface area (Å²) in [6, 6.07) is 3.52. The summed E-state index contributed by atoms with van der Waals surface area (Å²) in [5.74, 6) is 2.55. The van der Waals surface area contributed by atoms with Crippen molar-refractivity contribution in [2.75, 3.05) is 24.7 Å². The lowest BCUT2D eigenvalue weighted by Gasteiger charge is -2.41. The first kappa shape index (κ1) is 15.3. The van der Waals surface area contributed by atoms with E-state index in [0.29, 0.717) is 5.92 Å². The van der Waals surface area contributed by atoms with Crippen molar-refractivity contribution in [1.29, 1.82) is 0 Å². The molecule has 3 rings (SSSR count). The third kappa shape index (κ3) is 3.41. The van der Waals surface area contributed by atoms with Crippen LogP contribution in [0.4, 0.5) is 4.39 Å². The Balaban J connectivity index is 1.78. The highest BCUT2D eigenvalue weighted by molar-refractivity contribution is 7.99. The van der Waals surface area contributed by atoms with Gasteiger partial charge >= 0.3 is 0 Å². The predicted octanol–water partition coefficient (Wildman–Crippen LogP) is 3.17. The van der Waals surface area contributed by atoms with E-state index in [2.05, 4.69) is 17.2 Å². The quantitative estimate of drug-likeness (QED) is 0.926. The molecule has 3 heterocycles. The lowest BCUT2D eigenvalue weighted by molar-refractivity contribution is -0.0855. The van der Waals surface area contributed by atoms with Gasteiger partial charge in [-0.2, -0.15) is 11.8 Å². The van der Waals surface area contributed by atoms with Gasteiger partial charge in [0.2, 0.25) is 0 Å². The SMILES string of the molecule is CCNC(c1ccc(F)cn1)C1CCOC2(CCSC2)C1. The molecular formula is C16H23FN2OS. The smallest absolute Gasteiger partial charge is 0.141 e. The van der Waals surface area contributed by atoms with Crippen molar-refractivity contribution in [1.82, 2.24) is 10.3 Å². The van der Waals surface area contributed by atoms with Crippen LogP contribution < -0.4 is 5.32 Å². The van der Waals surface area contributed by atoms with Gasteiger partial charge in [0, 0.05) is 12.4 Å². The summed E-state index contributed by atoms with van der Waals surface area (Å²) < 4.78 is 19.2. The fraction of sp³-hybridized carbons (Fsp3) is 0.688. The number of nitrogens with one attached hydrogen (secondary N) is 1. The van der Waals surface area contributed by atoms with Gasteiger partial charge in [-0.3, -0.25) is 4.98 Å². The monoisotopic (exact) mass is 310 g/mol. The molecule has 2 fully saturated rings. The molecule has 1 spiro atoms. The highest BCUT2D eigenvalue weighted by Gasteiger charge is 2.42. The Hall–Kier alpha value is -0.650. The molecule has 2 saturated heterocycles. The maximum atomic E-state index is 13.1. The number of hydrogen-bond donors (Lipinski definition) is 1. The van der Waals surface area contributed by atoms with E-state index < -0.39 is 0 Å². The molecule has 2 aliphatic heterocycles. The molecule has 3 unspecified atom stereocenters. The Morgan fingerprint density at radius 1 is 1.57 bits per heavy atom. The second-order valence-corrected chi connectivity index (χ2v) is 7.13. The van der Waals surface area contributed by atoms with Crippen LogP contribution in [0.15, 0.2) is 18.3 Å². The zero-order chi connectivity index (χ0) is 14.7. The highest BCUT2D eigenvalue weighted by Crippen LogP contribution is 2.43. The minimum Gasteiger partial charge on any atom is -0.374 e.